The number of nitrogens with zero attached hydrogens (tertiary/aromatic N) is 2. The Labute approximate surface area is 124 Å². The molecule has 1 heterocycles. The van der Waals surface area contributed by atoms with E-state index in [1.165, 1.54) is 0 Å². The van der Waals surface area contributed by atoms with Gasteiger partial charge in [-0.15, -0.1) is 0 Å². The average Bonchev–Trinajstić information content (AvgIpc) is 2.55. The Hall–Kier alpha value is -2.34. The summed E-state index contributed by atoms with van der Waals surface area (Å²) in [7, 11) is 4.81. The largest absolute Gasteiger partial charge is 0.493 e. The zero-order valence-electron chi connectivity index (χ0n) is 12.4. The lowest BCUT2D eigenvalue weighted by molar-refractivity contribution is 0.321. The average molecular weight is 289 g/mol. The van der Waals surface area contributed by atoms with E-state index in [4.69, 9.17) is 14.2 Å². The molecule has 0 atom stereocenters. The standard InChI is InChI=1S/C15H19N3O3/c1-19-13-7-6-11(14(20-2)15(13)21-3)9-16-10-12-5-4-8-17-18-12/h4-8,16H,9-10H2,1-3H3. The van der Waals surface area contributed by atoms with Crippen molar-refractivity contribution in [3.05, 3.63) is 41.7 Å². The highest BCUT2D eigenvalue weighted by atomic mass is 16.5. The first-order valence-electron chi connectivity index (χ1n) is 6.55. The van der Waals surface area contributed by atoms with Crippen LogP contribution in [0.4, 0.5) is 0 Å². The van der Waals surface area contributed by atoms with Crippen molar-refractivity contribution >= 4 is 0 Å². The molecule has 2 aromatic rings. The number of rotatable bonds is 7. The van der Waals surface area contributed by atoms with E-state index in [0.29, 0.717) is 30.3 Å². The molecule has 0 saturated heterocycles. The second kappa shape index (κ2) is 7.44. The van der Waals surface area contributed by atoms with Crippen LogP contribution in [0.3, 0.4) is 0 Å². The fourth-order valence-electron chi connectivity index (χ4n) is 2.06. The molecule has 0 saturated carbocycles. The van der Waals surface area contributed by atoms with E-state index < -0.39 is 0 Å². The number of hydrogen-bond donors (Lipinski definition) is 1. The molecular weight excluding hydrogens is 270 g/mol. The van der Waals surface area contributed by atoms with Crippen LogP contribution in [-0.4, -0.2) is 31.5 Å². The van der Waals surface area contributed by atoms with Gasteiger partial charge < -0.3 is 19.5 Å². The molecule has 6 nitrogen and oxygen atoms in total. The molecular formula is C15H19N3O3. The second-order valence-electron chi connectivity index (χ2n) is 4.31. The zero-order valence-corrected chi connectivity index (χ0v) is 12.4. The highest BCUT2D eigenvalue weighted by Gasteiger charge is 2.15. The first-order valence-corrected chi connectivity index (χ1v) is 6.55. The lowest BCUT2D eigenvalue weighted by atomic mass is 10.1. The van der Waals surface area contributed by atoms with Gasteiger partial charge in [0.25, 0.3) is 0 Å². The van der Waals surface area contributed by atoms with E-state index in [1.807, 2.05) is 24.3 Å². The highest BCUT2D eigenvalue weighted by molar-refractivity contribution is 5.55. The third-order valence-corrected chi connectivity index (χ3v) is 3.03. The van der Waals surface area contributed by atoms with Crippen LogP contribution >= 0.6 is 0 Å². The molecule has 0 radical (unpaired) electrons. The molecule has 0 fully saturated rings. The molecule has 1 N–H and O–H groups in total. The number of benzene rings is 1. The van der Waals surface area contributed by atoms with Gasteiger partial charge >= 0.3 is 0 Å². The first-order chi connectivity index (χ1) is 10.3. The summed E-state index contributed by atoms with van der Waals surface area (Å²) in [5.41, 5.74) is 1.87. The number of aromatic nitrogens is 2. The number of methoxy groups -OCH3 is 3. The van der Waals surface area contributed by atoms with Gasteiger partial charge in [-0.05, 0) is 18.2 Å². The number of hydrogen-bond acceptors (Lipinski definition) is 6. The lowest BCUT2D eigenvalue weighted by Crippen LogP contribution is -2.15. The van der Waals surface area contributed by atoms with Crippen LogP contribution < -0.4 is 19.5 Å². The third kappa shape index (κ3) is 3.61. The maximum Gasteiger partial charge on any atom is 0.203 e. The summed E-state index contributed by atoms with van der Waals surface area (Å²) in [4.78, 5) is 0. The molecule has 0 bridgehead atoms. The fourth-order valence-corrected chi connectivity index (χ4v) is 2.06. The highest BCUT2D eigenvalue weighted by Crippen LogP contribution is 2.39. The topological polar surface area (TPSA) is 65.5 Å². The van der Waals surface area contributed by atoms with Gasteiger partial charge in [-0.25, -0.2) is 0 Å². The summed E-state index contributed by atoms with van der Waals surface area (Å²) in [6.07, 6.45) is 1.65. The first kappa shape index (κ1) is 15.1. The minimum Gasteiger partial charge on any atom is -0.493 e. The molecule has 1 aromatic carbocycles. The van der Waals surface area contributed by atoms with Crippen LogP contribution in [0.15, 0.2) is 30.5 Å². The monoisotopic (exact) mass is 289 g/mol. The molecule has 0 aliphatic carbocycles. The molecule has 112 valence electrons. The van der Waals surface area contributed by atoms with E-state index in [0.717, 1.165) is 11.3 Å². The SMILES string of the molecule is COc1ccc(CNCc2cccnn2)c(OC)c1OC. The van der Waals surface area contributed by atoms with Crippen LogP contribution in [-0.2, 0) is 13.1 Å². The van der Waals surface area contributed by atoms with Gasteiger partial charge in [0, 0.05) is 24.8 Å². The molecule has 21 heavy (non-hydrogen) atoms. The predicted octanol–water partition coefficient (Wildman–Crippen LogP) is 1.79. The van der Waals surface area contributed by atoms with Crippen molar-refractivity contribution in [3.63, 3.8) is 0 Å². The molecule has 0 aliphatic heterocycles. The van der Waals surface area contributed by atoms with Gasteiger partial charge in [-0.1, -0.05) is 6.07 Å². The van der Waals surface area contributed by atoms with Crippen LogP contribution in [0.2, 0.25) is 0 Å². The molecule has 1 aromatic heterocycles. The fraction of sp³-hybridized carbons (Fsp3) is 0.333. The second-order valence-corrected chi connectivity index (χ2v) is 4.31. The van der Waals surface area contributed by atoms with Gasteiger partial charge in [0.15, 0.2) is 11.5 Å². The molecule has 0 unspecified atom stereocenters. The summed E-state index contributed by atoms with van der Waals surface area (Å²) in [5.74, 6) is 1.91. The van der Waals surface area contributed by atoms with Crippen molar-refractivity contribution in [2.45, 2.75) is 13.1 Å². The lowest BCUT2D eigenvalue weighted by Gasteiger charge is -2.16. The van der Waals surface area contributed by atoms with E-state index in [-0.39, 0.29) is 0 Å². The van der Waals surface area contributed by atoms with Crippen molar-refractivity contribution < 1.29 is 14.2 Å². The maximum absolute atomic E-state index is 5.44. The normalized spacial score (nSPS) is 10.2. The van der Waals surface area contributed by atoms with Crippen molar-refractivity contribution in [1.82, 2.24) is 15.5 Å². The Balaban J connectivity index is 2.09. The van der Waals surface area contributed by atoms with Crippen LogP contribution in [0.25, 0.3) is 0 Å². The van der Waals surface area contributed by atoms with E-state index in [1.54, 1.807) is 27.5 Å². The number of nitrogens with one attached hydrogen (secondary N) is 1. The Bertz CT molecular complexity index is 576. The summed E-state index contributed by atoms with van der Waals surface area (Å²) in [5, 5.41) is 11.2. The molecule has 2 rings (SSSR count). The minimum atomic E-state index is 0.596. The van der Waals surface area contributed by atoms with Crippen molar-refractivity contribution in [2.24, 2.45) is 0 Å². The third-order valence-electron chi connectivity index (χ3n) is 3.03. The Morgan fingerprint density at radius 2 is 1.76 bits per heavy atom. The van der Waals surface area contributed by atoms with Gasteiger partial charge in [0.1, 0.15) is 0 Å². The molecule has 6 heteroatoms. The quantitative estimate of drug-likeness (QED) is 0.838. The van der Waals surface area contributed by atoms with E-state index in [2.05, 4.69) is 15.5 Å². The summed E-state index contributed by atoms with van der Waals surface area (Å²) < 4.78 is 16.1. The van der Waals surface area contributed by atoms with Crippen molar-refractivity contribution in [1.29, 1.82) is 0 Å². The van der Waals surface area contributed by atoms with Gasteiger partial charge in [-0.3, -0.25) is 0 Å². The number of ether oxygens (including phenoxy) is 3. The molecule has 0 aliphatic rings. The predicted molar refractivity (Wildman–Crippen MR) is 78.7 cm³/mol. The summed E-state index contributed by atoms with van der Waals surface area (Å²) in [6, 6.07) is 7.59. The van der Waals surface area contributed by atoms with E-state index in [9.17, 15) is 0 Å². The van der Waals surface area contributed by atoms with Crippen molar-refractivity contribution in [2.75, 3.05) is 21.3 Å². The summed E-state index contributed by atoms with van der Waals surface area (Å²) in [6.45, 7) is 1.26. The Kier molecular flexibility index (Phi) is 5.34. The maximum atomic E-state index is 5.44. The minimum absolute atomic E-state index is 0.596. The van der Waals surface area contributed by atoms with Gasteiger partial charge in [0.2, 0.25) is 5.75 Å². The molecule has 0 spiro atoms. The van der Waals surface area contributed by atoms with Gasteiger partial charge in [-0.2, -0.15) is 10.2 Å². The zero-order chi connectivity index (χ0) is 15.1. The van der Waals surface area contributed by atoms with Crippen LogP contribution in [0.1, 0.15) is 11.3 Å². The van der Waals surface area contributed by atoms with Crippen molar-refractivity contribution in [3.8, 4) is 17.2 Å². The summed E-state index contributed by atoms with van der Waals surface area (Å²) >= 11 is 0. The van der Waals surface area contributed by atoms with Crippen LogP contribution in [0.5, 0.6) is 17.2 Å². The van der Waals surface area contributed by atoms with E-state index >= 15 is 0 Å². The molecule has 0 amide bonds. The Morgan fingerprint density at radius 3 is 2.38 bits per heavy atom. The smallest absolute Gasteiger partial charge is 0.203 e. The van der Waals surface area contributed by atoms with Gasteiger partial charge in [0.05, 0.1) is 27.0 Å². The van der Waals surface area contributed by atoms with Crippen LogP contribution in [0, 0.1) is 0 Å². The Morgan fingerprint density at radius 1 is 0.952 bits per heavy atom.